The number of para-hydroxylation sites is 1. The van der Waals surface area contributed by atoms with E-state index >= 15 is 0 Å². The Bertz CT molecular complexity index is 950. The largest absolute Gasteiger partial charge is 0.482 e. The fraction of sp³-hybridized carbons (Fsp3) is 0.316. The van der Waals surface area contributed by atoms with E-state index in [1.165, 1.54) is 0 Å². The van der Waals surface area contributed by atoms with Crippen LogP contribution in [0.2, 0.25) is 5.02 Å². The number of hydrogen-bond acceptors (Lipinski definition) is 7. The predicted octanol–water partition coefficient (Wildman–Crippen LogP) is 3.31. The molecule has 144 valence electrons. The van der Waals surface area contributed by atoms with Crippen LogP contribution >= 0.6 is 11.6 Å². The standard InChI is InChI=1S/C19H18ClN5O3/c20-13-5-1-2-7-16(13)27-12-17(26)25-10-4-3-6-15(25)19-24-23-18(28-19)14-11-21-8-9-22-14/h1-2,5,7-9,11,15H,3-4,6,10,12H2/t15-/m0/s1. The molecular formula is C19H18ClN5O3. The van der Waals surface area contributed by atoms with Gasteiger partial charge in [0.2, 0.25) is 5.89 Å². The van der Waals surface area contributed by atoms with E-state index in [4.69, 9.17) is 20.8 Å². The molecular weight excluding hydrogens is 382 g/mol. The normalized spacial score (nSPS) is 16.8. The molecule has 8 nitrogen and oxygen atoms in total. The molecule has 1 aliphatic heterocycles. The van der Waals surface area contributed by atoms with Gasteiger partial charge in [-0.05, 0) is 31.4 Å². The maximum absolute atomic E-state index is 12.8. The van der Waals surface area contributed by atoms with E-state index in [9.17, 15) is 4.79 Å². The summed E-state index contributed by atoms with van der Waals surface area (Å²) >= 11 is 6.08. The zero-order valence-corrected chi connectivity index (χ0v) is 15.7. The Morgan fingerprint density at radius 2 is 2.14 bits per heavy atom. The first kappa shape index (κ1) is 18.4. The highest BCUT2D eigenvalue weighted by Crippen LogP contribution is 2.32. The van der Waals surface area contributed by atoms with Crippen molar-refractivity contribution in [3.05, 3.63) is 53.8 Å². The smallest absolute Gasteiger partial charge is 0.267 e. The van der Waals surface area contributed by atoms with Gasteiger partial charge in [0.05, 0.1) is 11.2 Å². The molecule has 3 aromatic rings. The molecule has 0 N–H and O–H groups in total. The second-order valence-electron chi connectivity index (χ2n) is 6.35. The number of hydrogen-bond donors (Lipinski definition) is 0. The summed E-state index contributed by atoms with van der Waals surface area (Å²) in [6.45, 7) is 0.504. The number of rotatable bonds is 5. The minimum atomic E-state index is -0.283. The van der Waals surface area contributed by atoms with E-state index in [-0.39, 0.29) is 24.4 Å². The second kappa shape index (κ2) is 8.35. The molecule has 1 atom stereocenters. The first-order valence-electron chi connectivity index (χ1n) is 8.99. The maximum Gasteiger partial charge on any atom is 0.267 e. The molecule has 1 saturated heterocycles. The van der Waals surface area contributed by atoms with Crippen molar-refractivity contribution in [3.63, 3.8) is 0 Å². The first-order valence-corrected chi connectivity index (χ1v) is 9.37. The number of carbonyl (C=O) groups excluding carboxylic acids is 1. The van der Waals surface area contributed by atoms with Gasteiger partial charge in [-0.15, -0.1) is 10.2 Å². The number of benzene rings is 1. The monoisotopic (exact) mass is 399 g/mol. The van der Waals surface area contributed by atoms with Gasteiger partial charge < -0.3 is 14.1 Å². The Kier molecular flexibility index (Phi) is 5.48. The van der Waals surface area contributed by atoms with Crippen molar-refractivity contribution in [3.8, 4) is 17.3 Å². The highest BCUT2D eigenvalue weighted by molar-refractivity contribution is 6.32. The van der Waals surface area contributed by atoms with Crippen molar-refractivity contribution in [1.29, 1.82) is 0 Å². The van der Waals surface area contributed by atoms with Crippen LogP contribution < -0.4 is 4.74 Å². The van der Waals surface area contributed by atoms with Crippen LogP contribution in [0.15, 0.2) is 47.3 Å². The van der Waals surface area contributed by atoms with Gasteiger partial charge in [-0.25, -0.2) is 4.98 Å². The van der Waals surface area contributed by atoms with Gasteiger partial charge in [0.1, 0.15) is 17.5 Å². The quantitative estimate of drug-likeness (QED) is 0.649. The molecule has 0 aliphatic carbocycles. The van der Waals surface area contributed by atoms with E-state index in [0.29, 0.717) is 28.9 Å². The van der Waals surface area contributed by atoms with Gasteiger partial charge in [0, 0.05) is 18.9 Å². The lowest BCUT2D eigenvalue weighted by molar-refractivity contribution is -0.137. The zero-order chi connectivity index (χ0) is 19.3. The predicted molar refractivity (Wildman–Crippen MR) is 101 cm³/mol. The molecule has 3 heterocycles. The van der Waals surface area contributed by atoms with Crippen molar-refractivity contribution in [2.75, 3.05) is 13.2 Å². The van der Waals surface area contributed by atoms with Crippen LogP contribution in [0, 0.1) is 0 Å². The Labute approximate surface area is 166 Å². The molecule has 9 heteroatoms. The number of piperidine rings is 1. The van der Waals surface area contributed by atoms with Gasteiger partial charge in [-0.1, -0.05) is 23.7 Å². The SMILES string of the molecule is O=C(COc1ccccc1Cl)N1CCCC[C@H]1c1nnc(-c2cnccn2)o1. The summed E-state index contributed by atoms with van der Waals surface area (Å²) in [5.41, 5.74) is 0.497. The Balaban J connectivity index is 1.48. The van der Waals surface area contributed by atoms with E-state index in [1.54, 1.807) is 35.6 Å². The number of ether oxygens (including phenoxy) is 1. The first-order chi connectivity index (χ1) is 13.7. The van der Waals surface area contributed by atoms with Gasteiger partial charge >= 0.3 is 0 Å². The van der Waals surface area contributed by atoms with Crippen LogP contribution in [-0.4, -0.2) is 44.1 Å². The van der Waals surface area contributed by atoms with Gasteiger partial charge in [0.25, 0.3) is 11.8 Å². The highest BCUT2D eigenvalue weighted by Gasteiger charge is 2.32. The summed E-state index contributed by atoms with van der Waals surface area (Å²) in [4.78, 5) is 22.7. The van der Waals surface area contributed by atoms with E-state index < -0.39 is 0 Å². The molecule has 2 aromatic heterocycles. The molecule has 1 aliphatic rings. The van der Waals surface area contributed by atoms with Crippen LogP contribution in [0.5, 0.6) is 5.75 Å². The molecule has 28 heavy (non-hydrogen) atoms. The molecule has 0 bridgehead atoms. The number of halogens is 1. The lowest BCUT2D eigenvalue weighted by atomic mass is 10.0. The third kappa shape index (κ3) is 3.96. The Hall–Kier alpha value is -3.00. The third-order valence-electron chi connectivity index (χ3n) is 4.52. The van der Waals surface area contributed by atoms with Gasteiger partial charge in [-0.3, -0.25) is 9.78 Å². The van der Waals surface area contributed by atoms with Crippen LogP contribution in [0.1, 0.15) is 31.2 Å². The van der Waals surface area contributed by atoms with Crippen LogP contribution in [0.25, 0.3) is 11.6 Å². The average molecular weight is 400 g/mol. The topological polar surface area (TPSA) is 94.2 Å². The lowest BCUT2D eigenvalue weighted by Gasteiger charge is -2.33. The van der Waals surface area contributed by atoms with Crippen molar-refractivity contribution in [1.82, 2.24) is 25.1 Å². The lowest BCUT2D eigenvalue weighted by Crippen LogP contribution is -2.41. The zero-order valence-electron chi connectivity index (χ0n) is 15.0. The second-order valence-corrected chi connectivity index (χ2v) is 6.76. The summed E-state index contributed by atoms with van der Waals surface area (Å²) < 4.78 is 11.4. The molecule has 1 fully saturated rings. The van der Waals surface area contributed by atoms with Crippen LogP contribution in [0.3, 0.4) is 0 Å². The summed E-state index contributed by atoms with van der Waals surface area (Å²) in [7, 11) is 0. The number of likely N-dealkylation sites (tertiary alicyclic amines) is 1. The van der Waals surface area contributed by atoms with Crippen molar-refractivity contribution < 1.29 is 13.9 Å². The number of aromatic nitrogens is 4. The Morgan fingerprint density at radius 3 is 2.96 bits per heavy atom. The molecule has 0 saturated carbocycles. The molecule has 1 aromatic carbocycles. The minimum Gasteiger partial charge on any atom is -0.482 e. The van der Waals surface area contributed by atoms with Gasteiger partial charge in [0.15, 0.2) is 6.61 Å². The highest BCUT2D eigenvalue weighted by atomic mass is 35.5. The summed E-state index contributed by atoms with van der Waals surface area (Å²) in [5.74, 6) is 1.01. The summed E-state index contributed by atoms with van der Waals surface area (Å²) in [6, 6.07) is 6.78. The number of amides is 1. The van der Waals surface area contributed by atoms with E-state index in [2.05, 4.69) is 20.2 Å². The molecule has 4 rings (SSSR count). The molecule has 0 spiro atoms. The van der Waals surface area contributed by atoms with Crippen LogP contribution in [0.4, 0.5) is 0 Å². The van der Waals surface area contributed by atoms with Gasteiger partial charge in [-0.2, -0.15) is 0 Å². The fourth-order valence-electron chi connectivity index (χ4n) is 3.15. The van der Waals surface area contributed by atoms with Crippen molar-refractivity contribution in [2.45, 2.75) is 25.3 Å². The fourth-order valence-corrected chi connectivity index (χ4v) is 3.34. The molecule has 0 unspecified atom stereocenters. The third-order valence-corrected chi connectivity index (χ3v) is 4.83. The summed E-state index contributed by atoms with van der Waals surface area (Å²) in [5, 5.41) is 8.66. The van der Waals surface area contributed by atoms with E-state index in [0.717, 1.165) is 19.3 Å². The van der Waals surface area contributed by atoms with Crippen LogP contribution in [-0.2, 0) is 4.79 Å². The number of nitrogens with zero attached hydrogens (tertiary/aromatic N) is 5. The average Bonchev–Trinajstić information content (AvgIpc) is 3.24. The van der Waals surface area contributed by atoms with Crippen molar-refractivity contribution >= 4 is 17.5 Å². The minimum absolute atomic E-state index is 0.106. The van der Waals surface area contributed by atoms with Crippen molar-refractivity contribution in [2.24, 2.45) is 0 Å². The maximum atomic E-state index is 12.8. The molecule has 1 amide bonds. The number of carbonyl (C=O) groups is 1. The molecule has 0 radical (unpaired) electrons. The Morgan fingerprint density at radius 1 is 1.25 bits per heavy atom. The summed E-state index contributed by atoms with van der Waals surface area (Å²) in [6.07, 6.45) is 7.32. The van der Waals surface area contributed by atoms with E-state index in [1.807, 2.05) is 12.1 Å².